The highest BCUT2D eigenvalue weighted by Crippen LogP contribution is 1.99. The van der Waals surface area contributed by atoms with Gasteiger partial charge in [-0.05, 0) is 12.5 Å². The van der Waals surface area contributed by atoms with Crippen LogP contribution in [0.15, 0.2) is 36.0 Å². The Morgan fingerprint density at radius 1 is 1.31 bits per heavy atom. The van der Waals surface area contributed by atoms with Crippen molar-refractivity contribution < 1.29 is 4.74 Å². The summed E-state index contributed by atoms with van der Waals surface area (Å²) in [6, 6.07) is 10.4. The first kappa shape index (κ1) is 10.2. The van der Waals surface area contributed by atoms with E-state index in [0.717, 1.165) is 12.8 Å². The zero-order chi connectivity index (χ0) is 9.36. The van der Waals surface area contributed by atoms with Crippen molar-refractivity contribution in [2.75, 3.05) is 12.8 Å². The lowest BCUT2D eigenvalue weighted by atomic mass is 10.2. The molecule has 0 saturated carbocycles. The Labute approximate surface area is 82.3 Å². The molecule has 1 rings (SSSR count). The Kier molecular flexibility index (Phi) is 5.21. The van der Waals surface area contributed by atoms with Crippen LogP contribution in [-0.2, 0) is 4.74 Å². The third kappa shape index (κ3) is 4.65. The Bertz CT molecular complexity index is 244. The second kappa shape index (κ2) is 6.63. The molecule has 0 aliphatic rings. The maximum Gasteiger partial charge on any atom is 0.0757 e. The second-order valence-electron chi connectivity index (χ2n) is 2.80. The van der Waals surface area contributed by atoms with Crippen LogP contribution >= 0.6 is 0 Å². The number of benzene rings is 1. The summed E-state index contributed by atoms with van der Waals surface area (Å²) in [5.41, 5.74) is 3.57. The Balaban J connectivity index is 2.25. The van der Waals surface area contributed by atoms with Gasteiger partial charge < -0.3 is 4.74 Å². The van der Waals surface area contributed by atoms with Crippen molar-refractivity contribution in [3.8, 4) is 0 Å². The molecule has 1 aromatic carbocycles. The molecular formula is C11H16OSi. The highest BCUT2D eigenvalue weighted by molar-refractivity contribution is 6.42. The first-order valence-corrected chi connectivity index (χ1v) is 6.54. The van der Waals surface area contributed by atoms with E-state index < -0.39 is 0 Å². The zero-order valence-corrected chi connectivity index (χ0v) is 9.49. The fourth-order valence-electron chi connectivity index (χ4n) is 1.08. The van der Waals surface area contributed by atoms with Crippen LogP contribution < -0.4 is 0 Å². The molecule has 2 heteroatoms. The molecule has 0 radical (unpaired) electrons. The fraction of sp³-hybridized carbons (Fsp3) is 0.273. The van der Waals surface area contributed by atoms with Gasteiger partial charge in [-0.3, -0.25) is 0 Å². The molecule has 0 heterocycles. The summed E-state index contributed by atoms with van der Waals surface area (Å²) in [4.78, 5) is 0. The van der Waals surface area contributed by atoms with Crippen molar-refractivity contribution >= 4 is 15.6 Å². The average molecular weight is 192 g/mol. The van der Waals surface area contributed by atoms with Gasteiger partial charge in [0.15, 0.2) is 0 Å². The molecule has 0 fully saturated rings. The van der Waals surface area contributed by atoms with Crippen LogP contribution in [0.4, 0.5) is 0 Å². The van der Waals surface area contributed by atoms with Crippen molar-refractivity contribution in [2.24, 2.45) is 0 Å². The summed E-state index contributed by atoms with van der Waals surface area (Å²) in [7, 11) is -0.146. The summed E-state index contributed by atoms with van der Waals surface area (Å²) in [6.45, 7) is 2.88. The van der Waals surface area contributed by atoms with Gasteiger partial charge in [-0.1, -0.05) is 42.1 Å². The number of ether oxygens (including phenoxy) is 1. The lowest BCUT2D eigenvalue weighted by Crippen LogP contribution is -1.99. The molecule has 0 unspecified atom stereocenters. The van der Waals surface area contributed by atoms with Crippen LogP contribution in [0.25, 0.3) is 6.08 Å². The SMILES string of the molecule is CCOC[SiH2]C=Cc1ccccc1. The van der Waals surface area contributed by atoms with Crippen molar-refractivity contribution in [2.45, 2.75) is 6.92 Å². The summed E-state index contributed by atoms with van der Waals surface area (Å²) in [5, 5.41) is 0. The molecule has 0 aliphatic carbocycles. The van der Waals surface area contributed by atoms with E-state index in [1.165, 1.54) is 5.56 Å². The number of hydrogen-bond acceptors (Lipinski definition) is 1. The summed E-state index contributed by atoms with van der Waals surface area (Å²) in [6.07, 6.45) is 3.14. The van der Waals surface area contributed by atoms with E-state index in [-0.39, 0.29) is 9.52 Å². The third-order valence-corrected chi connectivity index (χ3v) is 2.84. The Morgan fingerprint density at radius 3 is 2.77 bits per heavy atom. The quantitative estimate of drug-likeness (QED) is 0.511. The average Bonchev–Trinajstić information content (AvgIpc) is 2.19. The molecule has 0 spiro atoms. The molecular weight excluding hydrogens is 176 g/mol. The van der Waals surface area contributed by atoms with Gasteiger partial charge in [-0.25, -0.2) is 0 Å². The van der Waals surface area contributed by atoms with Crippen molar-refractivity contribution in [1.29, 1.82) is 0 Å². The highest BCUT2D eigenvalue weighted by atomic mass is 28.2. The number of hydrogen-bond donors (Lipinski definition) is 0. The van der Waals surface area contributed by atoms with E-state index in [2.05, 4.69) is 36.0 Å². The molecule has 0 amide bonds. The zero-order valence-electron chi connectivity index (χ0n) is 8.07. The Morgan fingerprint density at radius 2 is 2.08 bits per heavy atom. The molecule has 1 nitrogen and oxygen atoms in total. The van der Waals surface area contributed by atoms with Gasteiger partial charge in [0.05, 0.1) is 9.52 Å². The monoisotopic (exact) mass is 192 g/mol. The van der Waals surface area contributed by atoms with E-state index in [1.54, 1.807) is 0 Å². The van der Waals surface area contributed by atoms with E-state index in [9.17, 15) is 0 Å². The highest BCUT2D eigenvalue weighted by Gasteiger charge is 1.83. The van der Waals surface area contributed by atoms with Crippen molar-refractivity contribution in [3.63, 3.8) is 0 Å². The topological polar surface area (TPSA) is 9.23 Å². The standard InChI is InChI=1S/C11H16OSi/c1-2-12-10-13-9-8-11-6-4-3-5-7-11/h3-9H,2,10,13H2,1H3. The predicted molar refractivity (Wildman–Crippen MR) is 60.5 cm³/mol. The molecule has 70 valence electrons. The molecule has 1 aromatic rings. The smallest absolute Gasteiger partial charge is 0.0757 e. The van der Waals surface area contributed by atoms with E-state index in [4.69, 9.17) is 4.74 Å². The van der Waals surface area contributed by atoms with Crippen molar-refractivity contribution in [1.82, 2.24) is 0 Å². The van der Waals surface area contributed by atoms with Crippen LogP contribution in [0.3, 0.4) is 0 Å². The molecule has 0 N–H and O–H groups in total. The lowest BCUT2D eigenvalue weighted by Gasteiger charge is -1.94. The Hall–Kier alpha value is -0.863. The van der Waals surface area contributed by atoms with Gasteiger partial charge in [0.1, 0.15) is 0 Å². The minimum Gasteiger partial charge on any atom is -0.385 e. The van der Waals surface area contributed by atoms with Crippen LogP contribution in [-0.4, -0.2) is 22.4 Å². The largest absolute Gasteiger partial charge is 0.385 e. The maximum atomic E-state index is 5.28. The van der Waals surface area contributed by atoms with Crippen LogP contribution in [0.1, 0.15) is 12.5 Å². The van der Waals surface area contributed by atoms with Gasteiger partial charge in [-0.2, -0.15) is 0 Å². The molecule has 0 atom stereocenters. The lowest BCUT2D eigenvalue weighted by molar-refractivity contribution is 0.193. The fourth-order valence-corrected chi connectivity index (χ4v) is 2.11. The van der Waals surface area contributed by atoms with Crippen LogP contribution in [0.2, 0.25) is 0 Å². The predicted octanol–water partition coefficient (Wildman–Crippen LogP) is 1.82. The van der Waals surface area contributed by atoms with Gasteiger partial charge >= 0.3 is 0 Å². The van der Waals surface area contributed by atoms with Gasteiger partial charge in [-0.15, -0.1) is 0 Å². The van der Waals surface area contributed by atoms with Gasteiger partial charge in [0.2, 0.25) is 0 Å². The van der Waals surface area contributed by atoms with Gasteiger partial charge in [0.25, 0.3) is 0 Å². The van der Waals surface area contributed by atoms with E-state index >= 15 is 0 Å². The summed E-state index contributed by atoms with van der Waals surface area (Å²) in [5.74, 6) is 0. The first-order chi connectivity index (χ1) is 6.43. The van der Waals surface area contributed by atoms with E-state index in [0.29, 0.717) is 0 Å². The number of rotatable bonds is 5. The van der Waals surface area contributed by atoms with E-state index in [1.807, 2.05) is 13.0 Å². The minimum atomic E-state index is -0.146. The first-order valence-electron chi connectivity index (χ1n) is 4.73. The van der Waals surface area contributed by atoms with Crippen molar-refractivity contribution in [3.05, 3.63) is 41.6 Å². The van der Waals surface area contributed by atoms with Crippen LogP contribution in [0, 0.1) is 0 Å². The summed E-state index contributed by atoms with van der Waals surface area (Å²) < 4.78 is 5.28. The minimum absolute atomic E-state index is 0.146. The van der Waals surface area contributed by atoms with Gasteiger partial charge in [0, 0.05) is 12.8 Å². The molecule has 0 bridgehead atoms. The molecule has 0 aliphatic heterocycles. The summed E-state index contributed by atoms with van der Waals surface area (Å²) >= 11 is 0. The molecule has 0 saturated heterocycles. The second-order valence-corrected chi connectivity index (χ2v) is 4.26. The normalized spacial score (nSPS) is 11.8. The molecule has 0 aromatic heterocycles. The third-order valence-electron chi connectivity index (χ3n) is 1.74. The molecule has 13 heavy (non-hydrogen) atoms. The maximum absolute atomic E-state index is 5.28. The van der Waals surface area contributed by atoms with Crippen LogP contribution in [0.5, 0.6) is 0 Å².